The summed E-state index contributed by atoms with van der Waals surface area (Å²) in [4.78, 5) is 9.58. The Balaban J connectivity index is 1.75. The lowest BCUT2D eigenvalue weighted by molar-refractivity contribution is 0.411. The molecule has 0 bridgehead atoms. The topological polar surface area (TPSA) is 30.2 Å². The molecular formula is C33H31N3. The Hall–Kier alpha value is -3.72. The van der Waals surface area contributed by atoms with Crippen molar-refractivity contribution in [1.29, 1.82) is 0 Å². The molecule has 0 radical (unpaired) electrons. The van der Waals surface area contributed by atoms with E-state index in [0.29, 0.717) is 5.92 Å². The van der Waals surface area contributed by atoms with Crippen molar-refractivity contribution in [3.63, 3.8) is 0 Å². The highest BCUT2D eigenvalue weighted by Gasteiger charge is 2.23. The molecule has 0 aliphatic heterocycles. The Bertz CT molecular complexity index is 1980. The van der Waals surface area contributed by atoms with Crippen LogP contribution in [0.1, 0.15) is 57.2 Å². The summed E-state index contributed by atoms with van der Waals surface area (Å²) in [5.74, 6) is 0.439. The van der Waals surface area contributed by atoms with Gasteiger partial charge in [-0.15, -0.1) is 0 Å². The van der Waals surface area contributed by atoms with Gasteiger partial charge in [0.15, 0.2) is 0 Å². The Morgan fingerprint density at radius 3 is 2.42 bits per heavy atom. The summed E-state index contributed by atoms with van der Waals surface area (Å²) in [5.41, 5.74) is 10.2. The van der Waals surface area contributed by atoms with Crippen molar-refractivity contribution < 1.29 is 0 Å². The third-order valence-corrected chi connectivity index (χ3v) is 7.85. The van der Waals surface area contributed by atoms with E-state index in [2.05, 4.69) is 106 Å². The Kier molecular flexibility index (Phi) is 4.29. The lowest BCUT2D eigenvalue weighted by atomic mass is 9.87. The second kappa shape index (κ2) is 7.16. The number of hydrogen-bond donors (Lipinski definition) is 0. The van der Waals surface area contributed by atoms with Gasteiger partial charge in [0.05, 0.1) is 33.0 Å². The number of aryl methyl sites for hydroxylation is 1. The summed E-state index contributed by atoms with van der Waals surface area (Å²) in [7, 11) is 0. The average molecular weight is 470 g/mol. The van der Waals surface area contributed by atoms with E-state index in [9.17, 15) is 0 Å². The van der Waals surface area contributed by atoms with Gasteiger partial charge < -0.3 is 4.40 Å². The Labute approximate surface area is 211 Å². The van der Waals surface area contributed by atoms with Crippen LogP contribution in [0.2, 0.25) is 0 Å². The van der Waals surface area contributed by atoms with Crippen molar-refractivity contribution in [2.24, 2.45) is 5.41 Å². The fourth-order valence-corrected chi connectivity index (χ4v) is 6.46. The first kappa shape index (κ1) is 21.6. The van der Waals surface area contributed by atoms with E-state index in [1.54, 1.807) is 6.33 Å². The molecular weight excluding hydrogens is 438 g/mol. The van der Waals surface area contributed by atoms with Crippen LogP contribution in [0.5, 0.6) is 0 Å². The first-order valence-corrected chi connectivity index (χ1v) is 13.0. The highest BCUT2D eigenvalue weighted by molar-refractivity contribution is 6.28. The molecule has 0 unspecified atom stereocenters. The largest absolute Gasteiger partial charge is 0.307 e. The van der Waals surface area contributed by atoms with Crippen LogP contribution in [0.25, 0.3) is 59.9 Å². The van der Waals surface area contributed by atoms with Gasteiger partial charge in [0.1, 0.15) is 6.33 Å². The molecule has 3 aromatic heterocycles. The molecule has 4 aromatic carbocycles. The quantitative estimate of drug-likeness (QED) is 0.187. The standard InChI is InChI=1S/C33H31N3/c1-18(2)22-8-7-9-27-28(22)24-12-13-26-29-30(35-17-34-26)25-15-21-14-20(16-33(4,5)6)10-11-23(21)19(3)31(25)36(27)32(24)29/h7-15,17-18H,16H2,1-6H3. The number of rotatable bonds is 2. The van der Waals surface area contributed by atoms with Gasteiger partial charge in [-0.1, -0.05) is 65.0 Å². The van der Waals surface area contributed by atoms with Crippen LogP contribution in [-0.4, -0.2) is 14.4 Å². The fourth-order valence-electron chi connectivity index (χ4n) is 6.46. The van der Waals surface area contributed by atoms with E-state index in [0.717, 1.165) is 22.8 Å². The van der Waals surface area contributed by atoms with E-state index < -0.39 is 0 Å². The third kappa shape index (κ3) is 2.86. The number of fused-ring (bicyclic) bond motifs is 7. The van der Waals surface area contributed by atoms with Crippen LogP contribution in [0.15, 0.2) is 60.9 Å². The van der Waals surface area contributed by atoms with E-state index in [-0.39, 0.29) is 5.41 Å². The summed E-state index contributed by atoms with van der Waals surface area (Å²) in [6.45, 7) is 13.8. The maximum atomic E-state index is 4.89. The van der Waals surface area contributed by atoms with Crippen molar-refractivity contribution in [2.75, 3.05) is 0 Å². The zero-order chi connectivity index (χ0) is 24.9. The molecule has 0 aliphatic rings. The molecule has 0 saturated heterocycles. The minimum atomic E-state index is 0.248. The van der Waals surface area contributed by atoms with Crippen molar-refractivity contribution >= 4 is 59.9 Å². The second-order valence-electron chi connectivity index (χ2n) is 12.0. The summed E-state index contributed by atoms with van der Waals surface area (Å²) in [6.07, 6.45) is 2.78. The summed E-state index contributed by atoms with van der Waals surface area (Å²) in [6, 6.07) is 20.6. The number of pyridine rings is 1. The molecule has 178 valence electrons. The maximum absolute atomic E-state index is 4.89. The van der Waals surface area contributed by atoms with Gasteiger partial charge in [-0.2, -0.15) is 0 Å². The number of aromatic nitrogens is 3. The minimum Gasteiger partial charge on any atom is -0.307 e. The van der Waals surface area contributed by atoms with Crippen LogP contribution in [0, 0.1) is 12.3 Å². The number of hydrogen-bond acceptors (Lipinski definition) is 2. The second-order valence-corrected chi connectivity index (χ2v) is 12.0. The Morgan fingerprint density at radius 1 is 0.833 bits per heavy atom. The molecule has 7 rings (SSSR count). The van der Waals surface area contributed by atoms with Crippen LogP contribution < -0.4 is 0 Å². The number of benzene rings is 4. The molecule has 0 N–H and O–H groups in total. The zero-order valence-electron chi connectivity index (χ0n) is 21.9. The maximum Gasteiger partial charge on any atom is 0.116 e. The predicted molar refractivity (Wildman–Crippen MR) is 154 cm³/mol. The van der Waals surface area contributed by atoms with E-state index in [1.165, 1.54) is 60.2 Å². The smallest absolute Gasteiger partial charge is 0.116 e. The summed E-state index contributed by atoms with van der Waals surface area (Å²) in [5, 5.41) is 7.61. The zero-order valence-corrected chi connectivity index (χ0v) is 21.9. The van der Waals surface area contributed by atoms with Gasteiger partial charge in [0, 0.05) is 16.2 Å². The summed E-state index contributed by atoms with van der Waals surface area (Å²) < 4.78 is 2.50. The van der Waals surface area contributed by atoms with Gasteiger partial charge in [-0.05, 0) is 76.4 Å². The highest BCUT2D eigenvalue weighted by atomic mass is 14.9. The lowest BCUT2D eigenvalue weighted by Gasteiger charge is -2.19. The van der Waals surface area contributed by atoms with Crippen LogP contribution in [0.4, 0.5) is 0 Å². The molecule has 0 saturated carbocycles. The van der Waals surface area contributed by atoms with Gasteiger partial charge in [0.2, 0.25) is 0 Å². The fraction of sp³-hybridized carbons (Fsp3) is 0.273. The Morgan fingerprint density at radius 2 is 1.64 bits per heavy atom. The van der Waals surface area contributed by atoms with Crippen molar-refractivity contribution in [2.45, 2.75) is 53.9 Å². The molecule has 0 amide bonds. The van der Waals surface area contributed by atoms with Crippen LogP contribution in [0.3, 0.4) is 0 Å². The molecule has 0 aliphatic carbocycles. The highest BCUT2D eigenvalue weighted by Crippen LogP contribution is 2.44. The first-order chi connectivity index (χ1) is 17.2. The van der Waals surface area contributed by atoms with Crippen molar-refractivity contribution in [1.82, 2.24) is 14.4 Å². The van der Waals surface area contributed by atoms with E-state index in [1.807, 2.05) is 0 Å². The SMILES string of the molecule is Cc1c2ccc(CC(C)(C)C)cc2cc2c3ncnc4ccc5c6c(C(C)C)cccc6n(c12)c5c43. The minimum absolute atomic E-state index is 0.248. The van der Waals surface area contributed by atoms with Crippen LogP contribution in [-0.2, 0) is 6.42 Å². The summed E-state index contributed by atoms with van der Waals surface area (Å²) >= 11 is 0. The molecule has 3 heteroatoms. The third-order valence-electron chi connectivity index (χ3n) is 7.85. The van der Waals surface area contributed by atoms with Crippen molar-refractivity contribution in [3.8, 4) is 0 Å². The molecule has 0 spiro atoms. The molecule has 36 heavy (non-hydrogen) atoms. The molecule has 0 fully saturated rings. The van der Waals surface area contributed by atoms with E-state index in [4.69, 9.17) is 4.98 Å². The van der Waals surface area contributed by atoms with Gasteiger partial charge in [-0.3, -0.25) is 0 Å². The van der Waals surface area contributed by atoms with Crippen LogP contribution >= 0.6 is 0 Å². The first-order valence-electron chi connectivity index (χ1n) is 13.0. The van der Waals surface area contributed by atoms with Crippen molar-refractivity contribution in [3.05, 3.63) is 77.6 Å². The molecule has 0 atom stereocenters. The van der Waals surface area contributed by atoms with Gasteiger partial charge in [-0.25, -0.2) is 9.97 Å². The normalized spacial score (nSPS) is 13.1. The molecule has 3 heterocycles. The molecule has 7 aromatic rings. The lowest BCUT2D eigenvalue weighted by Crippen LogP contribution is -2.09. The number of nitrogens with zero attached hydrogens (tertiary/aromatic N) is 3. The van der Waals surface area contributed by atoms with E-state index >= 15 is 0 Å². The van der Waals surface area contributed by atoms with Gasteiger partial charge >= 0.3 is 0 Å². The average Bonchev–Trinajstić information content (AvgIpc) is 3.17. The van der Waals surface area contributed by atoms with Gasteiger partial charge in [0.25, 0.3) is 0 Å². The molecule has 3 nitrogen and oxygen atoms in total. The monoisotopic (exact) mass is 469 g/mol. The predicted octanol–water partition coefficient (Wildman–Crippen LogP) is 8.95.